The van der Waals surface area contributed by atoms with Crippen LogP contribution in [0.25, 0.3) is 6.08 Å². The van der Waals surface area contributed by atoms with Gasteiger partial charge in [-0.05, 0) is 53.7 Å². The van der Waals surface area contributed by atoms with Crippen molar-refractivity contribution in [2.24, 2.45) is 0 Å². The number of anilines is 1. The maximum atomic E-state index is 12.8. The monoisotopic (exact) mass is 432 g/mol. The summed E-state index contributed by atoms with van der Waals surface area (Å²) in [5, 5.41) is 10.4. The van der Waals surface area contributed by atoms with Crippen molar-refractivity contribution in [1.82, 2.24) is 0 Å². The first-order valence-electron chi connectivity index (χ1n) is 9.31. The normalized spacial score (nSPS) is 14.8. The standard InChI is InChI=1S/C23H16N2O5S/c26-22-21(31-23(27)24(22)18-7-2-1-3-8-18)14-17-6-4-5-9-20(17)30-15-16-10-12-19(13-11-16)25(28)29/h1-14H,15H2/b21-14-. The van der Waals surface area contributed by atoms with E-state index in [0.29, 0.717) is 21.9 Å². The van der Waals surface area contributed by atoms with E-state index in [2.05, 4.69) is 0 Å². The Balaban J connectivity index is 1.53. The molecule has 8 heteroatoms. The molecule has 1 aliphatic heterocycles. The van der Waals surface area contributed by atoms with Gasteiger partial charge in [0.25, 0.3) is 16.8 Å². The molecule has 0 unspecified atom stereocenters. The Morgan fingerprint density at radius 3 is 2.32 bits per heavy atom. The van der Waals surface area contributed by atoms with E-state index in [1.165, 1.54) is 12.1 Å². The summed E-state index contributed by atoms with van der Waals surface area (Å²) in [5.74, 6) is 0.152. The topological polar surface area (TPSA) is 89.7 Å². The van der Waals surface area contributed by atoms with Crippen molar-refractivity contribution < 1.29 is 19.2 Å². The Labute approximate surface area is 182 Å². The number of amides is 2. The molecule has 0 radical (unpaired) electrons. The lowest BCUT2D eigenvalue weighted by atomic mass is 10.1. The van der Waals surface area contributed by atoms with E-state index >= 15 is 0 Å². The molecule has 1 saturated heterocycles. The lowest BCUT2D eigenvalue weighted by Gasteiger charge is -2.12. The van der Waals surface area contributed by atoms with E-state index in [-0.39, 0.29) is 23.4 Å². The molecule has 0 atom stereocenters. The van der Waals surface area contributed by atoms with E-state index in [9.17, 15) is 19.7 Å². The van der Waals surface area contributed by atoms with Gasteiger partial charge in [-0.25, -0.2) is 4.90 Å². The number of nitro benzene ring substituents is 1. The molecule has 0 aromatic heterocycles. The Kier molecular flexibility index (Phi) is 5.81. The third kappa shape index (κ3) is 4.49. The molecule has 0 spiro atoms. The second-order valence-electron chi connectivity index (χ2n) is 6.60. The highest BCUT2D eigenvalue weighted by molar-refractivity contribution is 8.19. The highest BCUT2D eigenvalue weighted by Gasteiger charge is 2.36. The maximum Gasteiger partial charge on any atom is 0.298 e. The van der Waals surface area contributed by atoms with Crippen LogP contribution in [0.15, 0.2) is 83.8 Å². The third-order valence-electron chi connectivity index (χ3n) is 4.56. The van der Waals surface area contributed by atoms with E-state index in [1.807, 2.05) is 12.1 Å². The van der Waals surface area contributed by atoms with Crippen LogP contribution in [-0.4, -0.2) is 16.1 Å². The number of rotatable bonds is 6. The van der Waals surface area contributed by atoms with Crippen molar-refractivity contribution in [2.45, 2.75) is 6.61 Å². The Hall–Kier alpha value is -3.91. The van der Waals surface area contributed by atoms with E-state index in [0.717, 1.165) is 22.2 Å². The average Bonchev–Trinajstić information content (AvgIpc) is 3.06. The molecule has 0 aliphatic carbocycles. The zero-order chi connectivity index (χ0) is 21.8. The number of benzene rings is 3. The summed E-state index contributed by atoms with van der Waals surface area (Å²) in [5.41, 5.74) is 1.96. The first kappa shape index (κ1) is 20.4. The highest BCUT2D eigenvalue weighted by atomic mass is 32.2. The maximum absolute atomic E-state index is 12.8. The molecular weight excluding hydrogens is 416 g/mol. The van der Waals surface area contributed by atoms with Gasteiger partial charge in [0.1, 0.15) is 12.4 Å². The summed E-state index contributed by atoms with van der Waals surface area (Å²) in [6, 6.07) is 22.0. The van der Waals surface area contributed by atoms with Crippen LogP contribution in [0, 0.1) is 10.1 Å². The summed E-state index contributed by atoms with van der Waals surface area (Å²) in [6.07, 6.45) is 1.64. The summed E-state index contributed by atoms with van der Waals surface area (Å²) in [4.78, 5) is 37.0. The number of imide groups is 1. The fourth-order valence-electron chi connectivity index (χ4n) is 3.01. The van der Waals surface area contributed by atoms with Crippen molar-refractivity contribution in [3.8, 4) is 5.75 Å². The minimum atomic E-state index is -0.456. The fraction of sp³-hybridized carbons (Fsp3) is 0.0435. The molecule has 0 bridgehead atoms. The van der Waals surface area contributed by atoms with Crippen LogP contribution >= 0.6 is 11.8 Å². The van der Waals surface area contributed by atoms with Gasteiger partial charge in [-0.2, -0.15) is 0 Å². The van der Waals surface area contributed by atoms with Crippen molar-refractivity contribution in [3.05, 3.63) is 105 Å². The van der Waals surface area contributed by atoms with E-state index in [1.54, 1.807) is 60.7 Å². The predicted molar refractivity (Wildman–Crippen MR) is 119 cm³/mol. The quantitative estimate of drug-likeness (QED) is 0.294. The van der Waals surface area contributed by atoms with Gasteiger partial charge >= 0.3 is 0 Å². The van der Waals surface area contributed by atoms with Gasteiger partial charge < -0.3 is 4.74 Å². The van der Waals surface area contributed by atoms with Crippen LogP contribution in [-0.2, 0) is 11.4 Å². The second-order valence-corrected chi connectivity index (χ2v) is 7.60. The third-order valence-corrected chi connectivity index (χ3v) is 5.42. The number of thioether (sulfide) groups is 1. The van der Waals surface area contributed by atoms with Crippen LogP contribution in [0.1, 0.15) is 11.1 Å². The van der Waals surface area contributed by atoms with Gasteiger partial charge in [0, 0.05) is 17.7 Å². The molecule has 3 aromatic carbocycles. The molecular formula is C23H16N2O5S. The highest BCUT2D eigenvalue weighted by Crippen LogP contribution is 2.36. The molecule has 2 amide bonds. The van der Waals surface area contributed by atoms with E-state index in [4.69, 9.17) is 4.74 Å². The van der Waals surface area contributed by atoms with Gasteiger partial charge in [0.05, 0.1) is 15.5 Å². The summed E-state index contributed by atoms with van der Waals surface area (Å²) >= 11 is 0.878. The lowest BCUT2D eigenvalue weighted by Crippen LogP contribution is -2.27. The van der Waals surface area contributed by atoms with Gasteiger partial charge in [0.15, 0.2) is 0 Å². The number of hydrogen-bond donors (Lipinski definition) is 0. The van der Waals surface area contributed by atoms with Crippen LogP contribution in [0.3, 0.4) is 0 Å². The molecule has 1 fully saturated rings. The molecule has 3 aromatic rings. The molecule has 0 saturated carbocycles. The Morgan fingerprint density at radius 1 is 0.935 bits per heavy atom. The number of carbonyl (C=O) groups is 2. The first-order chi connectivity index (χ1) is 15.0. The van der Waals surface area contributed by atoms with Gasteiger partial charge in [-0.1, -0.05) is 36.4 Å². The van der Waals surface area contributed by atoms with Gasteiger partial charge in [0.2, 0.25) is 0 Å². The zero-order valence-electron chi connectivity index (χ0n) is 16.1. The van der Waals surface area contributed by atoms with Gasteiger partial charge in [-0.15, -0.1) is 0 Å². The minimum Gasteiger partial charge on any atom is -0.488 e. The zero-order valence-corrected chi connectivity index (χ0v) is 17.0. The smallest absolute Gasteiger partial charge is 0.298 e. The number of hydrogen-bond acceptors (Lipinski definition) is 6. The molecule has 0 N–H and O–H groups in total. The van der Waals surface area contributed by atoms with E-state index < -0.39 is 4.92 Å². The average molecular weight is 432 g/mol. The molecule has 1 aliphatic rings. The van der Waals surface area contributed by atoms with Crippen LogP contribution in [0.2, 0.25) is 0 Å². The van der Waals surface area contributed by atoms with Crippen molar-refractivity contribution in [3.63, 3.8) is 0 Å². The number of para-hydroxylation sites is 2. The van der Waals surface area contributed by atoms with Crippen molar-refractivity contribution >= 4 is 40.4 Å². The number of nitrogens with zero attached hydrogens (tertiary/aromatic N) is 2. The van der Waals surface area contributed by atoms with Crippen LogP contribution in [0.4, 0.5) is 16.2 Å². The molecule has 1 heterocycles. The largest absolute Gasteiger partial charge is 0.488 e. The lowest BCUT2D eigenvalue weighted by molar-refractivity contribution is -0.384. The summed E-state index contributed by atoms with van der Waals surface area (Å²) in [7, 11) is 0. The number of non-ortho nitro benzene ring substituents is 1. The Bertz CT molecular complexity index is 1180. The van der Waals surface area contributed by atoms with Crippen molar-refractivity contribution in [1.29, 1.82) is 0 Å². The molecule has 7 nitrogen and oxygen atoms in total. The predicted octanol–water partition coefficient (Wildman–Crippen LogP) is 5.41. The molecule has 154 valence electrons. The second kappa shape index (κ2) is 8.85. The minimum absolute atomic E-state index is 0.0123. The van der Waals surface area contributed by atoms with Crippen LogP contribution in [0.5, 0.6) is 5.75 Å². The number of ether oxygens (including phenoxy) is 1. The van der Waals surface area contributed by atoms with Crippen LogP contribution < -0.4 is 9.64 Å². The van der Waals surface area contributed by atoms with Crippen molar-refractivity contribution in [2.75, 3.05) is 4.90 Å². The first-order valence-corrected chi connectivity index (χ1v) is 10.1. The van der Waals surface area contributed by atoms with Gasteiger partial charge in [-0.3, -0.25) is 19.7 Å². The summed E-state index contributed by atoms with van der Waals surface area (Å²) < 4.78 is 5.87. The number of carbonyl (C=O) groups excluding carboxylic acids is 2. The molecule has 31 heavy (non-hydrogen) atoms. The fourth-order valence-corrected chi connectivity index (χ4v) is 3.85. The Morgan fingerprint density at radius 2 is 1.61 bits per heavy atom. The summed E-state index contributed by atoms with van der Waals surface area (Å²) in [6.45, 7) is 0.203. The molecule has 4 rings (SSSR count). The number of nitro groups is 1. The SMILES string of the molecule is O=C1S/C(=C\c2ccccc2OCc2ccc([N+](=O)[O-])cc2)C(=O)N1c1ccccc1.